The van der Waals surface area contributed by atoms with Crippen molar-refractivity contribution in [3.8, 4) is 0 Å². The molecule has 0 aliphatic heterocycles. The van der Waals surface area contributed by atoms with E-state index in [-0.39, 0.29) is 0 Å². The van der Waals surface area contributed by atoms with Crippen molar-refractivity contribution in [1.82, 2.24) is 14.8 Å². The molecule has 0 aliphatic rings. The predicted octanol–water partition coefficient (Wildman–Crippen LogP) is 2.05. The average molecular weight is 222 g/mol. The van der Waals surface area contributed by atoms with E-state index in [2.05, 4.69) is 27.7 Å². The van der Waals surface area contributed by atoms with Gasteiger partial charge in [-0.25, -0.2) is 4.98 Å². The number of hydrogen-bond donors (Lipinski definition) is 1. The summed E-state index contributed by atoms with van der Waals surface area (Å²) in [5, 5.41) is 10.7. The molecule has 5 heteroatoms. The number of anilines is 1. The molecule has 0 bridgehead atoms. The molecule has 4 nitrogen and oxygen atoms in total. The SMILES string of the molecule is CCc1nc(CNc2cnn(C)c2)cs1. The van der Waals surface area contributed by atoms with Crippen LogP contribution in [0.15, 0.2) is 17.8 Å². The fourth-order valence-electron chi connectivity index (χ4n) is 1.30. The van der Waals surface area contributed by atoms with Crippen LogP contribution in [0, 0.1) is 0 Å². The van der Waals surface area contributed by atoms with Gasteiger partial charge in [-0.2, -0.15) is 5.10 Å². The molecule has 0 amide bonds. The molecule has 0 saturated heterocycles. The molecule has 0 spiro atoms. The molecule has 80 valence electrons. The Bertz CT molecular complexity index is 432. The van der Waals surface area contributed by atoms with Gasteiger partial charge >= 0.3 is 0 Å². The van der Waals surface area contributed by atoms with Crippen LogP contribution < -0.4 is 5.32 Å². The van der Waals surface area contributed by atoms with Crippen LogP contribution in [-0.4, -0.2) is 14.8 Å². The summed E-state index contributed by atoms with van der Waals surface area (Å²) in [6, 6.07) is 0. The molecule has 2 heterocycles. The van der Waals surface area contributed by atoms with Crippen molar-refractivity contribution in [3.63, 3.8) is 0 Å². The minimum atomic E-state index is 0.766. The zero-order valence-corrected chi connectivity index (χ0v) is 9.71. The van der Waals surface area contributed by atoms with E-state index in [9.17, 15) is 0 Å². The maximum absolute atomic E-state index is 4.48. The van der Waals surface area contributed by atoms with Crippen molar-refractivity contribution in [3.05, 3.63) is 28.5 Å². The standard InChI is InChI=1S/C10H14N4S/c1-3-10-13-9(7-15-10)4-11-8-5-12-14(2)6-8/h5-7,11H,3-4H2,1-2H3. The van der Waals surface area contributed by atoms with Crippen molar-refractivity contribution in [2.75, 3.05) is 5.32 Å². The smallest absolute Gasteiger partial charge is 0.0926 e. The first-order valence-corrected chi connectivity index (χ1v) is 5.81. The van der Waals surface area contributed by atoms with Gasteiger partial charge in [0.25, 0.3) is 0 Å². The van der Waals surface area contributed by atoms with E-state index < -0.39 is 0 Å². The van der Waals surface area contributed by atoms with E-state index in [0.29, 0.717) is 0 Å². The predicted molar refractivity (Wildman–Crippen MR) is 62.0 cm³/mol. The summed E-state index contributed by atoms with van der Waals surface area (Å²) in [5.41, 5.74) is 2.13. The second-order valence-corrected chi connectivity index (χ2v) is 4.29. The number of hydrogen-bond acceptors (Lipinski definition) is 4. The second kappa shape index (κ2) is 4.44. The van der Waals surface area contributed by atoms with E-state index in [1.165, 1.54) is 5.01 Å². The van der Waals surface area contributed by atoms with Crippen LogP contribution in [0.2, 0.25) is 0 Å². The third-order valence-electron chi connectivity index (χ3n) is 2.08. The lowest BCUT2D eigenvalue weighted by Crippen LogP contribution is -1.98. The fourth-order valence-corrected chi connectivity index (χ4v) is 2.04. The van der Waals surface area contributed by atoms with Crippen LogP contribution in [0.25, 0.3) is 0 Å². The van der Waals surface area contributed by atoms with Gasteiger partial charge in [-0.3, -0.25) is 4.68 Å². The van der Waals surface area contributed by atoms with Crippen LogP contribution >= 0.6 is 11.3 Å². The molecule has 0 fully saturated rings. The van der Waals surface area contributed by atoms with Crippen molar-refractivity contribution in [2.24, 2.45) is 7.05 Å². The van der Waals surface area contributed by atoms with E-state index in [4.69, 9.17) is 0 Å². The van der Waals surface area contributed by atoms with Gasteiger partial charge in [0, 0.05) is 18.6 Å². The Morgan fingerprint density at radius 3 is 3.00 bits per heavy atom. The Kier molecular flexibility index (Phi) is 3.01. The summed E-state index contributed by atoms with van der Waals surface area (Å²) in [6.45, 7) is 2.89. The molecule has 2 aromatic heterocycles. The minimum Gasteiger partial charge on any atom is -0.377 e. The first-order valence-electron chi connectivity index (χ1n) is 4.93. The summed E-state index contributed by atoms with van der Waals surface area (Å²) < 4.78 is 1.78. The maximum atomic E-state index is 4.48. The van der Waals surface area contributed by atoms with Gasteiger partial charge in [-0.05, 0) is 6.42 Å². The number of nitrogens with one attached hydrogen (secondary N) is 1. The zero-order chi connectivity index (χ0) is 10.7. The Labute approximate surface area is 93.0 Å². The molecule has 1 N–H and O–H groups in total. The van der Waals surface area contributed by atoms with Gasteiger partial charge in [0.1, 0.15) is 0 Å². The molecule has 0 atom stereocenters. The fraction of sp³-hybridized carbons (Fsp3) is 0.400. The Morgan fingerprint density at radius 2 is 2.40 bits per heavy atom. The van der Waals surface area contributed by atoms with E-state index in [0.717, 1.165) is 24.3 Å². The van der Waals surface area contributed by atoms with Crippen molar-refractivity contribution in [2.45, 2.75) is 19.9 Å². The number of thiazole rings is 1. The molecular weight excluding hydrogens is 208 g/mol. The highest BCUT2D eigenvalue weighted by Crippen LogP contribution is 2.12. The Balaban J connectivity index is 1.93. The lowest BCUT2D eigenvalue weighted by Gasteiger charge is -1.98. The summed E-state index contributed by atoms with van der Waals surface area (Å²) in [5.74, 6) is 0. The molecule has 0 radical (unpaired) electrons. The van der Waals surface area contributed by atoms with Crippen LogP contribution in [0.4, 0.5) is 5.69 Å². The molecule has 15 heavy (non-hydrogen) atoms. The van der Waals surface area contributed by atoms with Gasteiger partial charge in [0.05, 0.1) is 29.1 Å². The second-order valence-electron chi connectivity index (χ2n) is 3.34. The topological polar surface area (TPSA) is 42.7 Å². The highest BCUT2D eigenvalue weighted by molar-refractivity contribution is 7.09. The molecule has 0 saturated carbocycles. The molecular formula is C10H14N4S. The number of aromatic nitrogens is 3. The van der Waals surface area contributed by atoms with E-state index in [1.54, 1.807) is 16.0 Å². The average Bonchev–Trinajstić information content (AvgIpc) is 2.83. The van der Waals surface area contributed by atoms with Crippen LogP contribution in [0.5, 0.6) is 0 Å². The molecule has 2 aromatic rings. The Hall–Kier alpha value is -1.36. The summed E-state index contributed by atoms with van der Waals surface area (Å²) in [7, 11) is 1.91. The first-order chi connectivity index (χ1) is 7.28. The van der Waals surface area contributed by atoms with Crippen LogP contribution in [0.3, 0.4) is 0 Å². The molecule has 0 aromatic carbocycles. The van der Waals surface area contributed by atoms with Crippen molar-refractivity contribution < 1.29 is 0 Å². The lowest BCUT2D eigenvalue weighted by molar-refractivity contribution is 0.768. The molecule has 0 unspecified atom stereocenters. The van der Waals surface area contributed by atoms with E-state index in [1.807, 2.05) is 19.4 Å². The number of aryl methyl sites for hydroxylation is 2. The first kappa shape index (κ1) is 10.2. The largest absolute Gasteiger partial charge is 0.377 e. The summed E-state index contributed by atoms with van der Waals surface area (Å²) >= 11 is 1.72. The minimum absolute atomic E-state index is 0.766. The zero-order valence-electron chi connectivity index (χ0n) is 8.90. The van der Waals surface area contributed by atoms with Crippen molar-refractivity contribution >= 4 is 17.0 Å². The van der Waals surface area contributed by atoms with Gasteiger partial charge in [0.2, 0.25) is 0 Å². The summed E-state index contributed by atoms with van der Waals surface area (Å²) in [4.78, 5) is 4.48. The highest BCUT2D eigenvalue weighted by atomic mass is 32.1. The third kappa shape index (κ3) is 2.56. The Morgan fingerprint density at radius 1 is 1.53 bits per heavy atom. The van der Waals surface area contributed by atoms with Gasteiger partial charge in [0.15, 0.2) is 0 Å². The highest BCUT2D eigenvalue weighted by Gasteiger charge is 2.00. The van der Waals surface area contributed by atoms with Crippen LogP contribution in [-0.2, 0) is 20.0 Å². The van der Waals surface area contributed by atoms with Crippen LogP contribution in [0.1, 0.15) is 17.6 Å². The molecule has 0 aliphatic carbocycles. The third-order valence-corrected chi connectivity index (χ3v) is 3.12. The normalized spacial score (nSPS) is 10.5. The van der Waals surface area contributed by atoms with Gasteiger partial charge < -0.3 is 5.32 Å². The maximum Gasteiger partial charge on any atom is 0.0926 e. The van der Waals surface area contributed by atoms with Gasteiger partial charge in [-0.1, -0.05) is 6.92 Å². The monoisotopic (exact) mass is 222 g/mol. The number of nitrogens with zero attached hydrogens (tertiary/aromatic N) is 3. The van der Waals surface area contributed by atoms with Crippen molar-refractivity contribution in [1.29, 1.82) is 0 Å². The number of rotatable bonds is 4. The lowest BCUT2D eigenvalue weighted by atomic mass is 10.4. The van der Waals surface area contributed by atoms with Gasteiger partial charge in [-0.15, -0.1) is 11.3 Å². The van der Waals surface area contributed by atoms with E-state index >= 15 is 0 Å². The summed E-state index contributed by atoms with van der Waals surface area (Å²) in [6.07, 6.45) is 4.78. The quantitative estimate of drug-likeness (QED) is 0.861. The molecule has 2 rings (SSSR count).